The summed E-state index contributed by atoms with van der Waals surface area (Å²) in [5.41, 5.74) is 2.14. The Morgan fingerprint density at radius 2 is 1.50 bits per heavy atom. The molecular formula is C22H16O4. The summed E-state index contributed by atoms with van der Waals surface area (Å²) in [4.78, 5) is 24.2. The quantitative estimate of drug-likeness (QED) is 0.285. The molecule has 0 spiro atoms. The highest BCUT2D eigenvalue weighted by Crippen LogP contribution is 2.31. The fraction of sp³-hybridized carbons (Fsp3) is 0.0909. The van der Waals surface area contributed by atoms with Crippen molar-refractivity contribution in [2.75, 3.05) is 0 Å². The van der Waals surface area contributed by atoms with E-state index in [2.05, 4.69) is 0 Å². The first-order valence-corrected chi connectivity index (χ1v) is 8.41. The molecule has 0 fully saturated rings. The molecule has 0 amide bonds. The Bertz CT molecular complexity index is 1090. The molecule has 0 bridgehead atoms. The summed E-state index contributed by atoms with van der Waals surface area (Å²) in [7, 11) is 0. The van der Waals surface area contributed by atoms with E-state index in [1.807, 2.05) is 30.3 Å². The lowest BCUT2D eigenvalue weighted by Gasteiger charge is -2.04. The number of ether oxygens (including phenoxy) is 1. The third-order valence-corrected chi connectivity index (χ3v) is 4.23. The molecule has 0 unspecified atom stereocenters. The number of fused-ring (bicyclic) bond motifs is 3. The Hall–Kier alpha value is -3.40. The summed E-state index contributed by atoms with van der Waals surface area (Å²) < 4.78 is 11.1. The van der Waals surface area contributed by atoms with Crippen molar-refractivity contribution in [1.82, 2.24) is 0 Å². The first-order chi connectivity index (χ1) is 12.7. The van der Waals surface area contributed by atoms with Gasteiger partial charge in [0.1, 0.15) is 16.9 Å². The molecule has 0 atom stereocenters. The van der Waals surface area contributed by atoms with Crippen LogP contribution >= 0.6 is 0 Å². The number of hydrogen-bond acceptors (Lipinski definition) is 4. The number of benzene rings is 3. The van der Waals surface area contributed by atoms with Crippen LogP contribution in [0.15, 0.2) is 77.2 Å². The number of hydrogen-bond donors (Lipinski definition) is 0. The van der Waals surface area contributed by atoms with Gasteiger partial charge in [0, 0.05) is 22.8 Å². The van der Waals surface area contributed by atoms with Gasteiger partial charge in [-0.2, -0.15) is 0 Å². The zero-order valence-electron chi connectivity index (χ0n) is 14.0. The highest BCUT2D eigenvalue weighted by Gasteiger charge is 2.12. The number of Topliss-reactive ketones (excluding diaryl/α,β-unsaturated/α-hetero) is 1. The van der Waals surface area contributed by atoms with Gasteiger partial charge in [0.25, 0.3) is 0 Å². The molecule has 0 saturated carbocycles. The molecule has 0 saturated heterocycles. The highest BCUT2D eigenvalue weighted by molar-refractivity contribution is 6.05. The summed E-state index contributed by atoms with van der Waals surface area (Å²) in [6.45, 7) is 0. The summed E-state index contributed by atoms with van der Waals surface area (Å²) in [5.74, 6) is -0.0542. The molecule has 1 aromatic heterocycles. The van der Waals surface area contributed by atoms with Crippen molar-refractivity contribution in [1.29, 1.82) is 0 Å². The van der Waals surface area contributed by atoms with Crippen LogP contribution in [0.2, 0.25) is 0 Å². The lowest BCUT2D eigenvalue weighted by molar-refractivity contribution is -0.134. The first kappa shape index (κ1) is 16.1. The normalized spacial score (nSPS) is 10.9. The summed E-state index contributed by atoms with van der Waals surface area (Å²) in [6, 6.07) is 21.9. The van der Waals surface area contributed by atoms with Gasteiger partial charge >= 0.3 is 5.97 Å². The molecule has 1 heterocycles. The maximum absolute atomic E-state index is 12.1. The molecule has 4 heteroatoms. The summed E-state index contributed by atoms with van der Waals surface area (Å²) >= 11 is 0. The standard InChI is InChI=1S/C22H16O4/c23-19(15-6-2-1-3-7-15)11-13-22(24)25-16-10-12-21-18(14-16)17-8-4-5-9-20(17)26-21/h1-10,12,14H,11,13H2. The van der Waals surface area contributed by atoms with Gasteiger partial charge in [-0.3, -0.25) is 9.59 Å². The van der Waals surface area contributed by atoms with Crippen molar-refractivity contribution < 1.29 is 18.7 Å². The lowest BCUT2D eigenvalue weighted by atomic mass is 10.1. The van der Waals surface area contributed by atoms with Gasteiger partial charge in [-0.1, -0.05) is 48.5 Å². The van der Waals surface area contributed by atoms with Gasteiger partial charge in [0.05, 0.1) is 6.42 Å². The minimum Gasteiger partial charge on any atom is -0.456 e. The average Bonchev–Trinajstić information content (AvgIpc) is 3.05. The Balaban J connectivity index is 1.45. The molecule has 4 aromatic rings. The highest BCUT2D eigenvalue weighted by atomic mass is 16.5. The van der Waals surface area contributed by atoms with Crippen LogP contribution in [0.3, 0.4) is 0 Å². The monoisotopic (exact) mass is 344 g/mol. The van der Waals surface area contributed by atoms with E-state index in [0.29, 0.717) is 11.3 Å². The van der Waals surface area contributed by atoms with Crippen molar-refractivity contribution in [3.8, 4) is 5.75 Å². The van der Waals surface area contributed by atoms with Gasteiger partial charge in [-0.15, -0.1) is 0 Å². The SMILES string of the molecule is O=C(CCC(=O)c1ccccc1)Oc1ccc2oc3ccccc3c2c1. The van der Waals surface area contributed by atoms with Crippen molar-refractivity contribution in [3.05, 3.63) is 78.4 Å². The predicted molar refractivity (Wildman–Crippen MR) is 99.4 cm³/mol. The molecule has 0 radical (unpaired) electrons. The minimum atomic E-state index is -0.429. The van der Waals surface area contributed by atoms with E-state index >= 15 is 0 Å². The number of ketones is 1. The molecule has 0 N–H and O–H groups in total. The number of esters is 1. The number of rotatable bonds is 5. The second-order valence-corrected chi connectivity index (χ2v) is 6.02. The van der Waals surface area contributed by atoms with Gasteiger partial charge in [0.2, 0.25) is 0 Å². The Morgan fingerprint density at radius 1 is 0.769 bits per heavy atom. The number of furan rings is 1. The van der Waals surface area contributed by atoms with Crippen molar-refractivity contribution in [2.45, 2.75) is 12.8 Å². The lowest BCUT2D eigenvalue weighted by Crippen LogP contribution is -2.10. The van der Waals surface area contributed by atoms with Crippen molar-refractivity contribution in [2.24, 2.45) is 0 Å². The molecule has 26 heavy (non-hydrogen) atoms. The van der Waals surface area contributed by atoms with Crippen LogP contribution in [0.5, 0.6) is 5.75 Å². The Kier molecular flexibility index (Phi) is 4.23. The smallest absolute Gasteiger partial charge is 0.311 e. The van der Waals surface area contributed by atoms with Gasteiger partial charge in [-0.25, -0.2) is 0 Å². The van der Waals surface area contributed by atoms with Crippen molar-refractivity contribution in [3.63, 3.8) is 0 Å². The minimum absolute atomic E-state index is 0.0396. The predicted octanol–water partition coefficient (Wildman–Crippen LogP) is 5.15. The van der Waals surface area contributed by atoms with Crippen LogP contribution in [0, 0.1) is 0 Å². The van der Waals surface area contributed by atoms with E-state index in [9.17, 15) is 9.59 Å². The number of carbonyl (C=O) groups excluding carboxylic acids is 2. The van der Waals surface area contributed by atoms with E-state index < -0.39 is 5.97 Å². The van der Waals surface area contributed by atoms with Crippen LogP contribution in [-0.2, 0) is 4.79 Å². The van der Waals surface area contributed by atoms with Crippen molar-refractivity contribution >= 4 is 33.7 Å². The van der Waals surface area contributed by atoms with Crippen LogP contribution < -0.4 is 4.74 Å². The number of para-hydroxylation sites is 1. The van der Waals surface area contributed by atoms with Gasteiger partial charge in [-0.05, 0) is 24.3 Å². The first-order valence-electron chi connectivity index (χ1n) is 8.41. The molecule has 0 aliphatic rings. The maximum Gasteiger partial charge on any atom is 0.311 e. The van der Waals surface area contributed by atoms with Gasteiger partial charge < -0.3 is 9.15 Å². The zero-order valence-corrected chi connectivity index (χ0v) is 14.0. The van der Waals surface area contributed by atoms with E-state index in [1.54, 1.807) is 42.5 Å². The topological polar surface area (TPSA) is 56.5 Å². The van der Waals surface area contributed by atoms with E-state index in [-0.39, 0.29) is 18.6 Å². The molecule has 4 rings (SSSR count). The Morgan fingerprint density at radius 3 is 2.35 bits per heavy atom. The zero-order chi connectivity index (χ0) is 17.9. The maximum atomic E-state index is 12.1. The third-order valence-electron chi connectivity index (χ3n) is 4.23. The van der Waals surface area contributed by atoms with Crippen LogP contribution in [0.1, 0.15) is 23.2 Å². The average molecular weight is 344 g/mol. The molecule has 0 aliphatic carbocycles. The largest absolute Gasteiger partial charge is 0.456 e. The van der Waals surface area contributed by atoms with E-state index in [1.165, 1.54) is 0 Å². The van der Waals surface area contributed by atoms with E-state index in [0.717, 1.165) is 21.9 Å². The molecule has 128 valence electrons. The summed E-state index contributed by atoms with van der Waals surface area (Å²) in [6.07, 6.45) is 0.164. The number of carbonyl (C=O) groups is 2. The molecular weight excluding hydrogens is 328 g/mol. The molecule has 3 aromatic carbocycles. The molecule has 4 nitrogen and oxygen atoms in total. The molecule has 0 aliphatic heterocycles. The van der Waals surface area contributed by atoms with Crippen LogP contribution in [0.25, 0.3) is 21.9 Å². The second-order valence-electron chi connectivity index (χ2n) is 6.02. The third kappa shape index (κ3) is 3.22. The second kappa shape index (κ2) is 6.84. The van der Waals surface area contributed by atoms with Crippen LogP contribution in [-0.4, -0.2) is 11.8 Å². The fourth-order valence-electron chi connectivity index (χ4n) is 2.94. The summed E-state index contributed by atoms with van der Waals surface area (Å²) in [5, 5.41) is 1.87. The van der Waals surface area contributed by atoms with Gasteiger partial charge in [0.15, 0.2) is 5.78 Å². The van der Waals surface area contributed by atoms with Crippen LogP contribution in [0.4, 0.5) is 0 Å². The Labute approximate surface area is 150 Å². The van der Waals surface area contributed by atoms with E-state index in [4.69, 9.17) is 9.15 Å². The fourth-order valence-corrected chi connectivity index (χ4v) is 2.94.